The molecule has 0 spiro atoms. The Labute approximate surface area is 101 Å². The maximum atomic E-state index is 3.91. The van der Waals surface area contributed by atoms with Crippen LogP contribution in [-0.2, 0) is 0 Å². The molecular formula is C13H18SSn. The van der Waals surface area contributed by atoms with Crippen molar-refractivity contribution in [2.75, 3.05) is 0 Å². The van der Waals surface area contributed by atoms with Gasteiger partial charge in [0.05, 0.1) is 0 Å². The Morgan fingerprint density at radius 1 is 1.07 bits per heavy atom. The molecule has 1 aromatic heterocycles. The van der Waals surface area contributed by atoms with Crippen molar-refractivity contribution in [1.82, 2.24) is 0 Å². The van der Waals surface area contributed by atoms with Crippen LogP contribution in [0.1, 0.15) is 0 Å². The fourth-order valence-electron chi connectivity index (χ4n) is 2.00. The summed E-state index contributed by atoms with van der Waals surface area (Å²) in [5.74, 6) is 0. The molecule has 0 amide bonds. The van der Waals surface area contributed by atoms with Crippen molar-refractivity contribution in [3.63, 3.8) is 0 Å². The van der Waals surface area contributed by atoms with E-state index in [1.165, 1.54) is 13.3 Å². The summed E-state index contributed by atoms with van der Waals surface area (Å²) < 4.78 is 5.14. The quantitative estimate of drug-likeness (QED) is 0.526. The Balaban J connectivity index is 3.05. The minimum absolute atomic E-state index is 1.18. The third-order valence-electron chi connectivity index (χ3n) is 2.74. The van der Waals surface area contributed by atoms with Gasteiger partial charge in [0.15, 0.2) is 0 Å². The van der Waals surface area contributed by atoms with E-state index in [2.05, 4.69) is 54.8 Å². The van der Waals surface area contributed by atoms with Crippen LogP contribution < -0.4 is 3.58 Å². The molecular weight excluding hydrogens is 307 g/mol. The standard InChI is InChI=1S/C4H3S.3C3H5.Sn/c1-2-4-5-3-1;3*1-3-2;/h1,3-4H;3*3H,1-2H2;. The number of rotatable bonds is 7. The van der Waals surface area contributed by atoms with Crippen LogP contribution in [0.25, 0.3) is 0 Å². The summed E-state index contributed by atoms with van der Waals surface area (Å²) in [6, 6.07) is 2.29. The molecule has 0 unspecified atom stereocenters. The first-order valence-electron chi connectivity index (χ1n) is 5.14. The van der Waals surface area contributed by atoms with Gasteiger partial charge in [0.2, 0.25) is 0 Å². The molecule has 2 heteroatoms. The summed E-state index contributed by atoms with van der Waals surface area (Å²) in [7, 11) is 0. The second-order valence-electron chi connectivity index (χ2n) is 3.77. The number of hydrogen-bond acceptors (Lipinski definition) is 1. The molecule has 1 aromatic rings. The molecule has 0 aliphatic carbocycles. The fraction of sp³-hybridized carbons (Fsp3) is 0.231. The van der Waals surface area contributed by atoms with E-state index in [1.807, 2.05) is 0 Å². The molecule has 1 rings (SSSR count). The van der Waals surface area contributed by atoms with Crippen LogP contribution in [0.15, 0.2) is 54.8 Å². The van der Waals surface area contributed by atoms with E-state index < -0.39 is 18.4 Å². The first-order chi connectivity index (χ1) is 7.29. The molecule has 0 saturated carbocycles. The van der Waals surface area contributed by atoms with E-state index in [-0.39, 0.29) is 0 Å². The SMILES string of the molecule is C=C[CH2][Sn]([CH2]C=C)([CH2]C=C)[c]1ccsc1. The average Bonchev–Trinajstić information content (AvgIpc) is 2.72. The van der Waals surface area contributed by atoms with E-state index in [1.54, 1.807) is 14.9 Å². The van der Waals surface area contributed by atoms with Crippen LogP contribution >= 0.6 is 11.3 Å². The summed E-state index contributed by atoms with van der Waals surface area (Å²) in [6.45, 7) is 11.7. The molecule has 0 aliphatic rings. The molecule has 0 nitrogen and oxygen atoms in total. The van der Waals surface area contributed by atoms with Gasteiger partial charge in [-0.3, -0.25) is 0 Å². The molecule has 80 valence electrons. The third kappa shape index (κ3) is 3.08. The molecule has 1 heterocycles. The van der Waals surface area contributed by atoms with E-state index in [0.29, 0.717) is 0 Å². The Hall–Kier alpha value is -0.281. The van der Waals surface area contributed by atoms with Crippen molar-refractivity contribution in [3.05, 3.63) is 54.8 Å². The fourth-order valence-corrected chi connectivity index (χ4v) is 15.3. The van der Waals surface area contributed by atoms with Gasteiger partial charge in [-0.25, -0.2) is 0 Å². The summed E-state index contributed by atoms with van der Waals surface area (Å²) in [5.41, 5.74) is 0. The van der Waals surface area contributed by atoms with Gasteiger partial charge in [0, 0.05) is 0 Å². The van der Waals surface area contributed by atoms with E-state index in [9.17, 15) is 0 Å². The second-order valence-corrected chi connectivity index (χ2v) is 17.0. The molecule has 0 aliphatic heterocycles. The van der Waals surface area contributed by atoms with Gasteiger partial charge < -0.3 is 0 Å². The van der Waals surface area contributed by atoms with Gasteiger partial charge in [-0.05, 0) is 0 Å². The summed E-state index contributed by atoms with van der Waals surface area (Å²) in [4.78, 5) is 0. The number of allylic oxidation sites excluding steroid dienone is 3. The van der Waals surface area contributed by atoms with Crippen LogP contribution in [0.5, 0.6) is 0 Å². The first kappa shape index (κ1) is 12.8. The van der Waals surface area contributed by atoms with Crippen molar-refractivity contribution in [3.8, 4) is 0 Å². The predicted octanol–water partition coefficient (Wildman–Crippen LogP) is 3.96. The Morgan fingerprint density at radius 3 is 1.93 bits per heavy atom. The molecule has 0 atom stereocenters. The first-order valence-corrected chi connectivity index (χ1v) is 13.6. The molecule has 0 aromatic carbocycles. The van der Waals surface area contributed by atoms with Crippen molar-refractivity contribution in [2.24, 2.45) is 0 Å². The van der Waals surface area contributed by atoms with Crippen molar-refractivity contribution in [2.45, 2.75) is 13.3 Å². The molecule has 0 N–H and O–H groups in total. The third-order valence-corrected chi connectivity index (χ3v) is 17.6. The van der Waals surface area contributed by atoms with Crippen LogP contribution in [0.2, 0.25) is 13.3 Å². The van der Waals surface area contributed by atoms with Crippen molar-refractivity contribution < 1.29 is 0 Å². The Morgan fingerprint density at radius 2 is 1.60 bits per heavy atom. The monoisotopic (exact) mass is 326 g/mol. The number of hydrogen-bond donors (Lipinski definition) is 0. The van der Waals surface area contributed by atoms with Crippen LogP contribution in [0.4, 0.5) is 0 Å². The second kappa shape index (κ2) is 6.33. The Bertz CT molecular complexity index is 298. The Kier molecular flexibility index (Phi) is 5.40. The van der Waals surface area contributed by atoms with E-state index >= 15 is 0 Å². The van der Waals surface area contributed by atoms with Gasteiger partial charge in [0.25, 0.3) is 0 Å². The van der Waals surface area contributed by atoms with Gasteiger partial charge in [0.1, 0.15) is 0 Å². The van der Waals surface area contributed by atoms with E-state index in [0.717, 1.165) is 0 Å². The molecule has 0 bridgehead atoms. The summed E-state index contributed by atoms with van der Waals surface area (Å²) in [6.07, 6.45) is 6.25. The van der Waals surface area contributed by atoms with Gasteiger partial charge >= 0.3 is 101 Å². The average molecular weight is 325 g/mol. The molecule has 0 saturated heterocycles. The van der Waals surface area contributed by atoms with Gasteiger partial charge in [-0.2, -0.15) is 0 Å². The predicted molar refractivity (Wildman–Crippen MR) is 74.7 cm³/mol. The molecule has 0 radical (unpaired) electrons. The van der Waals surface area contributed by atoms with E-state index in [4.69, 9.17) is 0 Å². The van der Waals surface area contributed by atoms with Crippen molar-refractivity contribution in [1.29, 1.82) is 0 Å². The summed E-state index contributed by atoms with van der Waals surface area (Å²) in [5, 5.41) is 4.49. The summed E-state index contributed by atoms with van der Waals surface area (Å²) >= 11 is -0.485. The zero-order valence-corrected chi connectivity index (χ0v) is 12.8. The zero-order chi connectivity index (χ0) is 11.1. The molecule has 0 fully saturated rings. The van der Waals surface area contributed by atoms with Gasteiger partial charge in [-0.1, -0.05) is 0 Å². The maximum absolute atomic E-state index is 3.91. The van der Waals surface area contributed by atoms with Gasteiger partial charge in [-0.15, -0.1) is 0 Å². The zero-order valence-electron chi connectivity index (χ0n) is 9.11. The minimum atomic E-state index is -2.28. The molecule has 15 heavy (non-hydrogen) atoms. The van der Waals surface area contributed by atoms with Crippen LogP contribution in [0, 0.1) is 0 Å². The van der Waals surface area contributed by atoms with Crippen molar-refractivity contribution >= 4 is 33.3 Å². The van der Waals surface area contributed by atoms with Crippen LogP contribution in [0.3, 0.4) is 0 Å². The van der Waals surface area contributed by atoms with Crippen LogP contribution in [-0.4, -0.2) is 18.4 Å². The topological polar surface area (TPSA) is 0 Å². The normalized spacial score (nSPS) is 10.9. The number of thiophene rings is 1.